The molecule has 0 saturated heterocycles. The van der Waals surface area contributed by atoms with Gasteiger partial charge in [-0.05, 0) is 36.6 Å². The highest BCUT2D eigenvalue weighted by Crippen LogP contribution is 2.28. The van der Waals surface area contributed by atoms with Gasteiger partial charge in [0.05, 0.1) is 10.1 Å². The van der Waals surface area contributed by atoms with Crippen LogP contribution in [0.15, 0.2) is 51.4 Å². The predicted molar refractivity (Wildman–Crippen MR) is 88.0 cm³/mol. The third kappa shape index (κ3) is 3.96. The summed E-state index contributed by atoms with van der Waals surface area (Å²) in [6.45, 7) is 1.72. The van der Waals surface area contributed by atoms with Crippen LogP contribution in [0, 0.1) is 5.82 Å². The zero-order chi connectivity index (χ0) is 16.2. The molecule has 1 N–H and O–H groups in total. The van der Waals surface area contributed by atoms with E-state index in [1.807, 2.05) is 17.5 Å². The third-order valence-electron chi connectivity index (χ3n) is 2.88. The summed E-state index contributed by atoms with van der Waals surface area (Å²) < 4.78 is 18.6. The van der Waals surface area contributed by atoms with Crippen molar-refractivity contribution in [3.63, 3.8) is 0 Å². The number of amides is 1. The number of carbonyl (C=O) groups is 1. The topological polar surface area (TPSA) is 68.0 Å². The van der Waals surface area contributed by atoms with Crippen molar-refractivity contribution in [2.24, 2.45) is 0 Å². The molecule has 3 rings (SSSR count). The number of nitrogens with zero attached hydrogens (tertiary/aromatic N) is 2. The molecule has 0 unspecified atom stereocenters. The summed E-state index contributed by atoms with van der Waals surface area (Å²) in [4.78, 5) is 13.0. The Morgan fingerprint density at radius 1 is 1.35 bits per heavy atom. The van der Waals surface area contributed by atoms with Crippen molar-refractivity contribution in [3.8, 4) is 10.8 Å². The molecular weight excluding hydrogens is 337 g/mol. The lowest BCUT2D eigenvalue weighted by Gasteiger charge is -2.09. The second-order valence-electron chi connectivity index (χ2n) is 4.61. The molecule has 0 fully saturated rings. The Hall–Kier alpha value is -2.19. The van der Waals surface area contributed by atoms with Crippen molar-refractivity contribution in [2.75, 3.05) is 5.32 Å². The molecule has 1 amide bonds. The van der Waals surface area contributed by atoms with E-state index in [2.05, 4.69) is 15.5 Å². The fourth-order valence-corrected chi connectivity index (χ4v) is 3.10. The highest BCUT2D eigenvalue weighted by atomic mass is 32.2. The zero-order valence-electron chi connectivity index (χ0n) is 12.0. The zero-order valence-corrected chi connectivity index (χ0v) is 13.7. The molecule has 0 bridgehead atoms. The van der Waals surface area contributed by atoms with Gasteiger partial charge in [-0.15, -0.1) is 21.5 Å². The van der Waals surface area contributed by atoms with Gasteiger partial charge in [0.2, 0.25) is 5.91 Å². The molecule has 3 aromatic rings. The van der Waals surface area contributed by atoms with Crippen molar-refractivity contribution in [1.29, 1.82) is 0 Å². The van der Waals surface area contributed by atoms with Gasteiger partial charge in [0.25, 0.3) is 11.1 Å². The van der Waals surface area contributed by atoms with Gasteiger partial charge in [0, 0.05) is 5.69 Å². The Bertz CT molecular complexity index is 805. The molecule has 5 nitrogen and oxygen atoms in total. The van der Waals surface area contributed by atoms with Gasteiger partial charge in [0.1, 0.15) is 5.82 Å². The highest BCUT2D eigenvalue weighted by molar-refractivity contribution is 8.00. The van der Waals surface area contributed by atoms with Crippen LogP contribution < -0.4 is 5.32 Å². The van der Waals surface area contributed by atoms with Crippen LogP contribution in [0.4, 0.5) is 10.1 Å². The molecule has 1 aromatic carbocycles. The van der Waals surface area contributed by atoms with Crippen molar-refractivity contribution >= 4 is 34.7 Å². The minimum Gasteiger partial charge on any atom is -0.410 e. The van der Waals surface area contributed by atoms with Crippen molar-refractivity contribution in [2.45, 2.75) is 17.4 Å². The van der Waals surface area contributed by atoms with Gasteiger partial charge >= 0.3 is 0 Å². The smallest absolute Gasteiger partial charge is 0.277 e. The number of thioether (sulfide) groups is 1. The molecule has 23 heavy (non-hydrogen) atoms. The fraction of sp³-hybridized carbons (Fsp3) is 0.133. The third-order valence-corrected chi connectivity index (χ3v) is 4.67. The normalized spacial score (nSPS) is 12.1. The molecule has 118 valence electrons. The van der Waals surface area contributed by atoms with Gasteiger partial charge in [-0.2, -0.15) is 0 Å². The number of nitrogens with one attached hydrogen (secondary N) is 1. The van der Waals surface area contributed by atoms with Crippen molar-refractivity contribution < 1.29 is 13.6 Å². The van der Waals surface area contributed by atoms with Gasteiger partial charge in [-0.3, -0.25) is 4.79 Å². The lowest BCUT2D eigenvalue weighted by atomic mass is 10.3. The number of carbonyl (C=O) groups excluding carboxylic acids is 1. The van der Waals surface area contributed by atoms with Crippen LogP contribution in [0.25, 0.3) is 10.8 Å². The van der Waals surface area contributed by atoms with Crippen LogP contribution in [-0.2, 0) is 4.79 Å². The van der Waals surface area contributed by atoms with Crippen LogP contribution in [-0.4, -0.2) is 21.4 Å². The number of thiophene rings is 1. The molecule has 2 heterocycles. The molecule has 0 aliphatic carbocycles. The van der Waals surface area contributed by atoms with Gasteiger partial charge in [-0.25, -0.2) is 4.39 Å². The summed E-state index contributed by atoms with van der Waals surface area (Å²) in [7, 11) is 0. The van der Waals surface area contributed by atoms with E-state index in [0.29, 0.717) is 16.8 Å². The number of rotatable bonds is 5. The number of hydrogen-bond donors (Lipinski definition) is 1. The minimum atomic E-state index is -0.463. The summed E-state index contributed by atoms with van der Waals surface area (Å²) in [5.41, 5.74) is 0.409. The minimum absolute atomic E-state index is 0.267. The molecule has 0 aliphatic heterocycles. The van der Waals surface area contributed by atoms with E-state index in [9.17, 15) is 9.18 Å². The predicted octanol–water partition coefficient (Wildman–Crippen LogP) is 4.06. The van der Waals surface area contributed by atoms with Crippen LogP contribution in [0.1, 0.15) is 6.92 Å². The molecule has 2 aromatic heterocycles. The summed E-state index contributed by atoms with van der Waals surface area (Å²) in [5.74, 6) is -0.239. The van der Waals surface area contributed by atoms with E-state index in [4.69, 9.17) is 4.42 Å². The van der Waals surface area contributed by atoms with E-state index in [1.54, 1.807) is 13.0 Å². The monoisotopic (exact) mass is 349 g/mol. The molecular formula is C15H12FN3O2S2. The van der Waals surface area contributed by atoms with Gasteiger partial charge in [0.15, 0.2) is 0 Å². The molecule has 8 heteroatoms. The summed E-state index contributed by atoms with van der Waals surface area (Å²) >= 11 is 2.65. The Morgan fingerprint density at radius 2 is 2.22 bits per heavy atom. The number of anilines is 1. The Balaban J connectivity index is 1.62. The quantitative estimate of drug-likeness (QED) is 0.704. The highest BCUT2D eigenvalue weighted by Gasteiger charge is 2.19. The average Bonchev–Trinajstić information content (AvgIpc) is 3.17. The summed E-state index contributed by atoms with van der Waals surface area (Å²) in [5, 5.41) is 12.3. The summed E-state index contributed by atoms with van der Waals surface area (Å²) in [6.07, 6.45) is 0. The number of benzene rings is 1. The molecule has 0 saturated carbocycles. The Kier molecular flexibility index (Phi) is 4.73. The van der Waals surface area contributed by atoms with E-state index in [-0.39, 0.29) is 5.91 Å². The van der Waals surface area contributed by atoms with E-state index >= 15 is 0 Å². The fourth-order valence-electron chi connectivity index (χ4n) is 1.77. The lowest BCUT2D eigenvalue weighted by Crippen LogP contribution is -2.22. The van der Waals surface area contributed by atoms with Crippen LogP contribution in [0.2, 0.25) is 0 Å². The number of halogens is 1. The molecule has 0 radical (unpaired) electrons. The first-order valence-electron chi connectivity index (χ1n) is 6.72. The maximum absolute atomic E-state index is 13.1. The van der Waals surface area contributed by atoms with E-state index < -0.39 is 11.1 Å². The SMILES string of the molecule is C[C@H](Sc1nnc(-c2cccs2)o1)C(=O)Nc1cccc(F)c1. The van der Waals surface area contributed by atoms with Crippen molar-refractivity contribution in [1.82, 2.24) is 10.2 Å². The van der Waals surface area contributed by atoms with Crippen LogP contribution >= 0.6 is 23.1 Å². The molecule has 1 atom stereocenters. The van der Waals surface area contributed by atoms with Crippen molar-refractivity contribution in [3.05, 3.63) is 47.6 Å². The van der Waals surface area contributed by atoms with E-state index in [0.717, 1.165) is 16.6 Å². The lowest BCUT2D eigenvalue weighted by molar-refractivity contribution is -0.115. The van der Waals surface area contributed by atoms with Crippen LogP contribution in [0.5, 0.6) is 0 Å². The van der Waals surface area contributed by atoms with Gasteiger partial charge in [-0.1, -0.05) is 23.9 Å². The van der Waals surface area contributed by atoms with Crippen LogP contribution in [0.3, 0.4) is 0 Å². The number of hydrogen-bond acceptors (Lipinski definition) is 6. The van der Waals surface area contributed by atoms with Gasteiger partial charge < -0.3 is 9.73 Å². The Labute approximate surface area is 139 Å². The van der Waals surface area contributed by atoms with E-state index in [1.165, 1.54) is 29.5 Å². The average molecular weight is 349 g/mol. The largest absolute Gasteiger partial charge is 0.410 e. The second-order valence-corrected chi connectivity index (χ2v) is 6.85. The maximum Gasteiger partial charge on any atom is 0.277 e. The molecule has 0 spiro atoms. The maximum atomic E-state index is 13.1. The second kappa shape index (κ2) is 6.93. The summed E-state index contributed by atoms with van der Waals surface area (Å²) in [6, 6.07) is 9.52. The Morgan fingerprint density at radius 3 is 2.96 bits per heavy atom. The number of aromatic nitrogens is 2. The molecule has 0 aliphatic rings. The first-order valence-corrected chi connectivity index (χ1v) is 8.48. The standard InChI is InChI=1S/C15H12FN3O2S2/c1-9(13(20)17-11-5-2-4-10(16)8-11)23-15-19-18-14(21-15)12-6-3-7-22-12/h2-9H,1H3,(H,17,20)/t9-/m0/s1. The first kappa shape index (κ1) is 15.7. The first-order chi connectivity index (χ1) is 11.1.